The fourth-order valence-electron chi connectivity index (χ4n) is 3.29. The number of piperidine rings is 1. The van der Waals surface area contributed by atoms with Gasteiger partial charge in [-0.1, -0.05) is 41.9 Å². The van der Waals surface area contributed by atoms with Gasteiger partial charge in [0.25, 0.3) is 0 Å². The Bertz CT molecular complexity index is 896. The summed E-state index contributed by atoms with van der Waals surface area (Å²) in [5.74, 6) is 0.464. The Labute approximate surface area is 176 Å². The molecular formula is C21H25ClN2O4S. The lowest BCUT2D eigenvalue weighted by molar-refractivity contribution is -0.126. The molecule has 29 heavy (non-hydrogen) atoms. The van der Waals surface area contributed by atoms with E-state index in [-0.39, 0.29) is 17.6 Å². The molecule has 0 unspecified atom stereocenters. The topological polar surface area (TPSA) is 75.7 Å². The number of hydrogen-bond donors (Lipinski definition) is 1. The van der Waals surface area contributed by atoms with E-state index in [0.717, 1.165) is 5.56 Å². The van der Waals surface area contributed by atoms with Gasteiger partial charge in [-0.2, -0.15) is 0 Å². The molecule has 3 rings (SSSR count). The largest absolute Gasteiger partial charge is 0.492 e. The van der Waals surface area contributed by atoms with Crippen LogP contribution in [-0.4, -0.2) is 44.9 Å². The zero-order chi connectivity index (χ0) is 20.7. The first-order valence-electron chi connectivity index (χ1n) is 9.62. The highest BCUT2D eigenvalue weighted by atomic mass is 35.5. The van der Waals surface area contributed by atoms with E-state index in [0.29, 0.717) is 49.9 Å². The van der Waals surface area contributed by atoms with Gasteiger partial charge in [0.05, 0.1) is 12.3 Å². The Hall–Kier alpha value is -2.09. The third-order valence-corrected chi connectivity index (χ3v) is 7.00. The Kier molecular flexibility index (Phi) is 7.52. The molecule has 2 aromatic carbocycles. The van der Waals surface area contributed by atoms with Crippen LogP contribution >= 0.6 is 11.6 Å². The zero-order valence-corrected chi connectivity index (χ0v) is 17.7. The predicted octanol–water partition coefficient (Wildman–Crippen LogP) is 3.08. The molecular weight excluding hydrogens is 412 g/mol. The van der Waals surface area contributed by atoms with Gasteiger partial charge in [0, 0.05) is 24.0 Å². The highest BCUT2D eigenvalue weighted by Crippen LogP contribution is 2.22. The molecule has 1 aliphatic heterocycles. The number of halogens is 1. The zero-order valence-electron chi connectivity index (χ0n) is 16.1. The van der Waals surface area contributed by atoms with Gasteiger partial charge in [-0.25, -0.2) is 12.7 Å². The first-order chi connectivity index (χ1) is 13.9. The Morgan fingerprint density at radius 1 is 1.07 bits per heavy atom. The fraction of sp³-hybridized carbons (Fsp3) is 0.381. The summed E-state index contributed by atoms with van der Waals surface area (Å²) in [5.41, 5.74) is 0.771. The molecule has 1 amide bonds. The van der Waals surface area contributed by atoms with Crippen molar-refractivity contribution in [2.75, 3.05) is 26.2 Å². The van der Waals surface area contributed by atoms with E-state index in [2.05, 4.69) is 5.32 Å². The molecule has 0 atom stereocenters. The standard InChI is InChI=1S/C21H25ClN2O4S/c22-19-6-8-20(9-7-19)28-15-12-23-21(25)18-10-13-24(14-11-18)29(26,27)16-17-4-2-1-3-5-17/h1-9,18H,10-16H2,(H,23,25). The van der Waals surface area contributed by atoms with E-state index in [1.165, 1.54) is 4.31 Å². The van der Waals surface area contributed by atoms with Crippen molar-refractivity contribution < 1.29 is 17.9 Å². The van der Waals surface area contributed by atoms with Crippen molar-refractivity contribution in [3.05, 3.63) is 65.2 Å². The number of rotatable bonds is 8. The molecule has 6 nitrogen and oxygen atoms in total. The lowest BCUT2D eigenvalue weighted by Crippen LogP contribution is -2.43. The van der Waals surface area contributed by atoms with Crippen molar-refractivity contribution in [1.29, 1.82) is 0 Å². The molecule has 1 fully saturated rings. The van der Waals surface area contributed by atoms with Gasteiger partial charge in [0.2, 0.25) is 15.9 Å². The summed E-state index contributed by atoms with van der Waals surface area (Å²) >= 11 is 5.83. The van der Waals surface area contributed by atoms with E-state index < -0.39 is 10.0 Å². The van der Waals surface area contributed by atoms with Crippen LogP contribution < -0.4 is 10.1 Å². The van der Waals surface area contributed by atoms with Crippen LogP contribution in [0.5, 0.6) is 5.75 Å². The van der Waals surface area contributed by atoms with Crippen LogP contribution in [0.25, 0.3) is 0 Å². The van der Waals surface area contributed by atoms with Gasteiger partial charge < -0.3 is 10.1 Å². The van der Waals surface area contributed by atoms with E-state index in [1.807, 2.05) is 30.3 Å². The first kappa shape index (κ1) is 21.6. The maximum absolute atomic E-state index is 12.6. The lowest BCUT2D eigenvalue weighted by Gasteiger charge is -2.30. The number of amides is 1. The summed E-state index contributed by atoms with van der Waals surface area (Å²) in [6.45, 7) is 1.49. The number of sulfonamides is 1. The predicted molar refractivity (Wildman–Crippen MR) is 113 cm³/mol. The lowest BCUT2D eigenvalue weighted by atomic mass is 9.97. The number of nitrogens with zero attached hydrogens (tertiary/aromatic N) is 1. The van der Waals surface area contributed by atoms with Crippen molar-refractivity contribution in [3.8, 4) is 5.75 Å². The third-order valence-electron chi connectivity index (χ3n) is 4.89. The highest BCUT2D eigenvalue weighted by molar-refractivity contribution is 7.88. The number of ether oxygens (including phenoxy) is 1. The number of carbonyl (C=O) groups excluding carboxylic acids is 1. The normalized spacial score (nSPS) is 15.8. The molecule has 0 saturated carbocycles. The second-order valence-electron chi connectivity index (χ2n) is 7.01. The molecule has 0 aromatic heterocycles. The van der Waals surface area contributed by atoms with Crippen LogP contribution in [0.2, 0.25) is 5.02 Å². The minimum atomic E-state index is -3.37. The summed E-state index contributed by atoms with van der Waals surface area (Å²) < 4.78 is 32.2. The SMILES string of the molecule is O=C(NCCOc1ccc(Cl)cc1)C1CCN(S(=O)(=O)Cc2ccccc2)CC1. The van der Waals surface area contributed by atoms with Crippen LogP contribution in [0.3, 0.4) is 0 Å². The van der Waals surface area contributed by atoms with Gasteiger partial charge in [-0.15, -0.1) is 0 Å². The van der Waals surface area contributed by atoms with Crippen LogP contribution in [0.15, 0.2) is 54.6 Å². The summed E-state index contributed by atoms with van der Waals surface area (Å²) in [5, 5.41) is 3.51. The van der Waals surface area contributed by atoms with E-state index >= 15 is 0 Å². The number of benzene rings is 2. The molecule has 0 bridgehead atoms. The Balaban J connectivity index is 1.39. The molecule has 2 aromatic rings. The quantitative estimate of drug-likeness (QED) is 0.645. The molecule has 1 aliphatic rings. The summed E-state index contributed by atoms with van der Waals surface area (Å²) in [6.07, 6.45) is 1.05. The molecule has 8 heteroatoms. The average molecular weight is 437 g/mol. The van der Waals surface area contributed by atoms with Gasteiger partial charge in [-0.05, 0) is 42.7 Å². The summed E-state index contributed by atoms with van der Waals surface area (Å²) in [6, 6.07) is 16.2. The summed E-state index contributed by atoms with van der Waals surface area (Å²) in [7, 11) is -3.37. The molecule has 0 radical (unpaired) electrons. The van der Waals surface area contributed by atoms with Crippen LogP contribution in [0.1, 0.15) is 18.4 Å². The van der Waals surface area contributed by atoms with Crippen LogP contribution in [0, 0.1) is 5.92 Å². The molecule has 1 heterocycles. The van der Waals surface area contributed by atoms with E-state index in [1.54, 1.807) is 24.3 Å². The average Bonchev–Trinajstić information content (AvgIpc) is 2.73. The molecule has 0 aliphatic carbocycles. The van der Waals surface area contributed by atoms with Gasteiger partial charge in [0.1, 0.15) is 12.4 Å². The molecule has 1 saturated heterocycles. The van der Waals surface area contributed by atoms with E-state index in [9.17, 15) is 13.2 Å². The summed E-state index contributed by atoms with van der Waals surface area (Å²) in [4.78, 5) is 12.3. The molecule has 156 valence electrons. The van der Waals surface area contributed by atoms with Crippen molar-refractivity contribution in [3.63, 3.8) is 0 Å². The second kappa shape index (κ2) is 10.1. The second-order valence-corrected chi connectivity index (χ2v) is 9.41. The Morgan fingerprint density at radius 3 is 2.38 bits per heavy atom. The minimum absolute atomic E-state index is 0.00720. The number of nitrogens with one attached hydrogen (secondary N) is 1. The van der Waals surface area contributed by atoms with Crippen molar-refractivity contribution in [2.24, 2.45) is 5.92 Å². The number of hydrogen-bond acceptors (Lipinski definition) is 4. The fourth-order valence-corrected chi connectivity index (χ4v) is 4.98. The number of carbonyl (C=O) groups is 1. The van der Waals surface area contributed by atoms with Crippen LogP contribution in [0.4, 0.5) is 0 Å². The van der Waals surface area contributed by atoms with Crippen molar-refractivity contribution in [2.45, 2.75) is 18.6 Å². The first-order valence-corrected chi connectivity index (χ1v) is 11.6. The van der Waals surface area contributed by atoms with Crippen molar-refractivity contribution >= 4 is 27.5 Å². The minimum Gasteiger partial charge on any atom is -0.492 e. The smallest absolute Gasteiger partial charge is 0.223 e. The molecule has 0 spiro atoms. The monoisotopic (exact) mass is 436 g/mol. The van der Waals surface area contributed by atoms with Gasteiger partial charge in [-0.3, -0.25) is 4.79 Å². The Morgan fingerprint density at radius 2 is 1.72 bits per heavy atom. The van der Waals surface area contributed by atoms with Crippen LogP contribution in [-0.2, 0) is 20.6 Å². The maximum atomic E-state index is 12.6. The molecule has 1 N–H and O–H groups in total. The van der Waals surface area contributed by atoms with Gasteiger partial charge in [0.15, 0.2) is 0 Å². The van der Waals surface area contributed by atoms with Gasteiger partial charge >= 0.3 is 0 Å². The third kappa shape index (κ3) is 6.45. The highest BCUT2D eigenvalue weighted by Gasteiger charge is 2.31. The van der Waals surface area contributed by atoms with E-state index in [4.69, 9.17) is 16.3 Å². The maximum Gasteiger partial charge on any atom is 0.223 e. The van der Waals surface area contributed by atoms with Crippen molar-refractivity contribution in [1.82, 2.24) is 9.62 Å².